The zero-order valence-electron chi connectivity index (χ0n) is 6.59. The lowest BCUT2D eigenvalue weighted by Crippen LogP contribution is -2.40. The maximum atomic E-state index is 13.1. The van der Waals surface area contributed by atoms with Gasteiger partial charge in [-0.15, -0.1) is 0 Å². The Kier molecular flexibility index (Phi) is 1.77. The number of rotatable bonds is 0. The van der Waals surface area contributed by atoms with E-state index in [9.17, 15) is 13.6 Å². The van der Waals surface area contributed by atoms with Crippen LogP contribution in [0, 0.1) is 5.92 Å². The van der Waals surface area contributed by atoms with Crippen LogP contribution in [0.3, 0.4) is 0 Å². The van der Waals surface area contributed by atoms with Crippen LogP contribution >= 0.6 is 0 Å². The molecule has 0 bridgehead atoms. The minimum atomic E-state index is -1.14. The molecular weight excluding hydrogens is 164 g/mol. The Morgan fingerprint density at radius 1 is 1.33 bits per heavy atom. The molecule has 4 atom stereocenters. The van der Waals surface area contributed by atoms with Crippen LogP contribution < -0.4 is 5.32 Å². The highest BCUT2D eigenvalue weighted by atomic mass is 19.1. The molecule has 1 aliphatic carbocycles. The quantitative estimate of drug-likeness (QED) is 0.583. The van der Waals surface area contributed by atoms with Gasteiger partial charge in [-0.1, -0.05) is 0 Å². The number of alkyl halides is 2. The summed E-state index contributed by atoms with van der Waals surface area (Å²) in [5.74, 6) is -0.411. The molecule has 0 aromatic rings. The van der Waals surface area contributed by atoms with Crippen molar-refractivity contribution >= 4 is 5.91 Å². The van der Waals surface area contributed by atoms with E-state index >= 15 is 0 Å². The molecule has 4 heteroatoms. The Balaban J connectivity index is 2.10. The largest absolute Gasteiger partial charge is 0.353 e. The van der Waals surface area contributed by atoms with Crippen LogP contribution in [0.2, 0.25) is 0 Å². The number of halogens is 2. The van der Waals surface area contributed by atoms with Gasteiger partial charge in [0.25, 0.3) is 0 Å². The number of nitrogens with one attached hydrogen (secondary N) is 1. The molecule has 1 saturated heterocycles. The van der Waals surface area contributed by atoms with Gasteiger partial charge in [0.05, 0.1) is 0 Å². The summed E-state index contributed by atoms with van der Waals surface area (Å²) in [5.41, 5.74) is 0. The molecule has 1 N–H and O–H groups in total. The topological polar surface area (TPSA) is 29.1 Å². The molecule has 0 radical (unpaired) electrons. The lowest BCUT2D eigenvalue weighted by Gasteiger charge is -2.29. The molecule has 68 valence electrons. The van der Waals surface area contributed by atoms with E-state index in [1.54, 1.807) is 0 Å². The predicted molar refractivity (Wildman–Crippen MR) is 39.1 cm³/mol. The SMILES string of the molecule is O=C1CC2C(F)CC(F)CC2N1. The van der Waals surface area contributed by atoms with E-state index in [0.717, 1.165) is 0 Å². The van der Waals surface area contributed by atoms with Gasteiger partial charge in [0.15, 0.2) is 0 Å². The van der Waals surface area contributed by atoms with Gasteiger partial charge in [-0.2, -0.15) is 0 Å². The van der Waals surface area contributed by atoms with Crippen molar-refractivity contribution in [1.29, 1.82) is 0 Å². The first-order valence-corrected chi connectivity index (χ1v) is 4.24. The van der Waals surface area contributed by atoms with Crippen molar-refractivity contribution in [2.75, 3.05) is 0 Å². The molecule has 0 spiro atoms. The van der Waals surface area contributed by atoms with Crippen LogP contribution in [0.25, 0.3) is 0 Å². The van der Waals surface area contributed by atoms with E-state index in [1.165, 1.54) is 0 Å². The van der Waals surface area contributed by atoms with E-state index < -0.39 is 12.3 Å². The van der Waals surface area contributed by atoms with Crippen LogP contribution in [-0.4, -0.2) is 24.3 Å². The highest BCUT2D eigenvalue weighted by Crippen LogP contribution is 2.34. The van der Waals surface area contributed by atoms with Gasteiger partial charge in [0.1, 0.15) is 12.3 Å². The number of hydrogen-bond acceptors (Lipinski definition) is 1. The van der Waals surface area contributed by atoms with Gasteiger partial charge in [-0.25, -0.2) is 8.78 Å². The highest BCUT2D eigenvalue weighted by Gasteiger charge is 2.43. The molecule has 2 aliphatic rings. The van der Waals surface area contributed by atoms with Gasteiger partial charge in [0, 0.05) is 24.8 Å². The monoisotopic (exact) mass is 175 g/mol. The first-order chi connectivity index (χ1) is 5.66. The lowest BCUT2D eigenvalue weighted by molar-refractivity contribution is -0.119. The zero-order chi connectivity index (χ0) is 8.72. The molecule has 1 saturated carbocycles. The minimum Gasteiger partial charge on any atom is -0.353 e. The van der Waals surface area contributed by atoms with E-state index in [4.69, 9.17) is 0 Å². The standard InChI is InChI=1S/C8H11F2NO/c9-4-1-6(10)5-3-8(12)11-7(5)2-4/h4-7H,1-3H2,(H,11,12). The van der Waals surface area contributed by atoms with Crippen molar-refractivity contribution in [3.05, 3.63) is 0 Å². The summed E-state index contributed by atoms with van der Waals surface area (Å²) < 4.78 is 25.9. The second kappa shape index (κ2) is 2.68. The summed E-state index contributed by atoms with van der Waals surface area (Å²) in [6, 6.07) is -0.253. The van der Waals surface area contributed by atoms with E-state index in [2.05, 4.69) is 5.32 Å². The van der Waals surface area contributed by atoms with Gasteiger partial charge >= 0.3 is 0 Å². The van der Waals surface area contributed by atoms with Crippen LogP contribution in [-0.2, 0) is 4.79 Å². The van der Waals surface area contributed by atoms with Crippen LogP contribution in [0.5, 0.6) is 0 Å². The molecule has 0 aromatic heterocycles. The van der Waals surface area contributed by atoms with Gasteiger partial charge in [-0.3, -0.25) is 4.79 Å². The molecule has 1 heterocycles. The van der Waals surface area contributed by atoms with Crippen LogP contribution in [0.4, 0.5) is 8.78 Å². The highest BCUT2D eigenvalue weighted by molar-refractivity contribution is 5.79. The Hall–Kier alpha value is -0.670. The number of fused-ring (bicyclic) bond motifs is 1. The summed E-state index contributed by atoms with van der Waals surface area (Å²) in [6.45, 7) is 0. The molecule has 2 fully saturated rings. The average molecular weight is 175 g/mol. The molecule has 0 aromatic carbocycles. The summed E-state index contributed by atoms with van der Waals surface area (Å²) in [7, 11) is 0. The van der Waals surface area contributed by atoms with Crippen molar-refractivity contribution in [2.45, 2.75) is 37.6 Å². The number of carbonyl (C=O) groups is 1. The Morgan fingerprint density at radius 2 is 2.08 bits per heavy atom. The fourth-order valence-corrected chi connectivity index (χ4v) is 2.13. The molecule has 2 rings (SSSR count). The normalized spacial score (nSPS) is 47.0. The van der Waals surface area contributed by atoms with E-state index in [0.29, 0.717) is 0 Å². The van der Waals surface area contributed by atoms with Crippen molar-refractivity contribution in [1.82, 2.24) is 5.32 Å². The Labute approximate surface area is 69.3 Å². The molecule has 12 heavy (non-hydrogen) atoms. The van der Waals surface area contributed by atoms with Crippen molar-refractivity contribution < 1.29 is 13.6 Å². The maximum Gasteiger partial charge on any atom is 0.220 e. The third-order valence-electron chi connectivity index (χ3n) is 2.74. The van der Waals surface area contributed by atoms with Gasteiger partial charge in [-0.05, 0) is 6.42 Å². The molecule has 1 amide bonds. The summed E-state index contributed by atoms with van der Waals surface area (Å²) >= 11 is 0. The lowest BCUT2D eigenvalue weighted by atomic mass is 9.83. The first kappa shape index (κ1) is 7.95. The molecular formula is C8H11F2NO. The molecule has 4 unspecified atom stereocenters. The molecule has 2 nitrogen and oxygen atoms in total. The molecule has 1 aliphatic heterocycles. The third-order valence-corrected chi connectivity index (χ3v) is 2.74. The number of hydrogen-bond donors (Lipinski definition) is 1. The second-order valence-corrected chi connectivity index (χ2v) is 3.63. The van der Waals surface area contributed by atoms with Crippen LogP contribution in [0.15, 0.2) is 0 Å². The van der Waals surface area contributed by atoms with E-state index in [-0.39, 0.29) is 37.1 Å². The number of amides is 1. The second-order valence-electron chi connectivity index (χ2n) is 3.63. The first-order valence-electron chi connectivity index (χ1n) is 4.24. The summed E-state index contributed by atoms with van der Waals surface area (Å²) in [6.07, 6.45) is -1.73. The minimum absolute atomic E-state index is 0.0316. The Morgan fingerprint density at radius 3 is 2.83 bits per heavy atom. The van der Waals surface area contributed by atoms with Gasteiger partial charge in [0.2, 0.25) is 5.91 Å². The van der Waals surface area contributed by atoms with Crippen molar-refractivity contribution in [3.63, 3.8) is 0 Å². The fourth-order valence-electron chi connectivity index (χ4n) is 2.13. The third kappa shape index (κ3) is 1.19. The van der Waals surface area contributed by atoms with Crippen molar-refractivity contribution in [3.8, 4) is 0 Å². The Bertz CT molecular complexity index is 209. The van der Waals surface area contributed by atoms with Crippen molar-refractivity contribution in [2.24, 2.45) is 5.92 Å². The van der Waals surface area contributed by atoms with E-state index in [1.807, 2.05) is 0 Å². The average Bonchev–Trinajstić information content (AvgIpc) is 2.29. The number of carbonyl (C=O) groups excluding carboxylic acids is 1. The fraction of sp³-hybridized carbons (Fsp3) is 0.875. The predicted octanol–water partition coefficient (Wildman–Crippen LogP) is 0.961. The smallest absolute Gasteiger partial charge is 0.220 e. The summed E-state index contributed by atoms with van der Waals surface area (Å²) in [5, 5.41) is 2.60. The van der Waals surface area contributed by atoms with Gasteiger partial charge < -0.3 is 5.32 Å². The maximum absolute atomic E-state index is 13.1. The zero-order valence-corrected chi connectivity index (χ0v) is 6.59. The van der Waals surface area contributed by atoms with Crippen LogP contribution in [0.1, 0.15) is 19.3 Å². The summed E-state index contributed by atoms with van der Waals surface area (Å²) in [4.78, 5) is 10.9.